The second kappa shape index (κ2) is 8.14. The minimum Gasteiger partial charge on any atom is -0.493 e. The smallest absolute Gasteiger partial charge is 0.226 e. The predicted molar refractivity (Wildman–Crippen MR) is 105 cm³/mol. The number of ether oxygens (including phenoxy) is 1. The van der Waals surface area contributed by atoms with Gasteiger partial charge in [0.15, 0.2) is 0 Å². The first-order valence-corrected chi connectivity index (χ1v) is 9.55. The third-order valence-corrected chi connectivity index (χ3v) is 4.89. The molecule has 0 spiro atoms. The van der Waals surface area contributed by atoms with E-state index in [1.165, 1.54) is 17.1 Å². The summed E-state index contributed by atoms with van der Waals surface area (Å²) in [6, 6.07) is 18.1. The molecular formula is C21H19N3O2S. The summed E-state index contributed by atoms with van der Waals surface area (Å²) in [5.41, 5.74) is 3.14. The van der Waals surface area contributed by atoms with Crippen LogP contribution >= 0.6 is 11.5 Å². The molecule has 27 heavy (non-hydrogen) atoms. The lowest BCUT2D eigenvalue weighted by molar-refractivity contribution is 0.320. The van der Waals surface area contributed by atoms with Crippen molar-refractivity contribution in [2.45, 2.75) is 19.8 Å². The van der Waals surface area contributed by atoms with Crippen LogP contribution in [0.3, 0.4) is 0 Å². The van der Waals surface area contributed by atoms with Gasteiger partial charge < -0.3 is 9.15 Å². The Bertz CT molecular complexity index is 980. The van der Waals surface area contributed by atoms with Gasteiger partial charge in [-0.3, -0.25) is 0 Å². The number of rotatable bonds is 7. The van der Waals surface area contributed by atoms with Crippen LogP contribution in [0.2, 0.25) is 0 Å². The number of hydrogen-bond donors (Lipinski definition) is 0. The Morgan fingerprint density at radius 2 is 1.85 bits per heavy atom. The van der Waals surface area contributed by atoms with E-state index >= 15 is 0 Å². The van der Waals surface area contributed by atoms with Crippen LogP contribution in [0.4, 0.5) is 0 Å². The molecule has 4 rings (SSSR count). The Kier molecular flexibility index (Phi) is 5.25. The third kappa shape index (κ3) is 4.41. The first-order valence-electron chi connectivity index (χ1n) is 8.77. The van der Waals surface area contributed by atoms with E-state index in [1.54, 1.807) is 6.20 Å². The molecular weight excluding hydrogens is 358 g/mol. The molecule has 0 N–H and O–H groups in total. The molecule has 2 aromatic carbocycles. The fourth-order valence-corrected chi connectivity index (χ4v) is 3.32. The zero-order valence-electron chi connectivity index (χ0n) is 15.0. The second-order valence-corrected chi connectivity index (χ2v) is 7.06. The van der Waals surface area contributed by atoms with Gasteiger partial charge in [0.05, 0.1) is 18.5 Å². The Balaban J connectivity index is 1.33. The molecule has 0 unspecified atom stereocenters. The van der Waals surface area contributed by atoms with Gasteiger partial charge in [0, 0.05) is 23.3 Å². The first-order chi connectivity index (χ1) is 13.3. The average molecular weight is 377 g/mol. The van der Waals surface area contributed by atoms with Gasteiger partial charge in [0.25, 0.3) is 0 Å². The summed E-state index contributed by atoms with van der Waals surface area (Å²) in [5, 5.41) is 3.86. The van der Waals surface area contributed by atoms with Crippen molar-refractivity contribution < 1.29 is 9.15 Å². The van der Waals surface area contributed by atoms with E-state index in [0.717, 1.165) is 34.1 Å². The lowest BCUT2D eigenvalue weighted by atomic mass is 10.1. The summed E-state index contributed by atoms with van der Waals surface area (Å²) in [4.78, 5) is 5.76. The van der Waals surface area contributed by atoms with E-state index in [4.69, 9.17) is 9.15 Å². The summed E-state index contributed by atoms with van der Waals surface area (Å²) in [7, 11) is 0. The van der Waals surface area contributed by atoms with Crippen LogP contribution in [0.5, 0.6) is 5.75 Å². The molecule has 136 valence electrons. The third-order valence-electron chi connectivity index (χ3n) is 4.23. The maximum absolute atomic E-state index is 5.87. The van der Waals surface area contributed by atoms with E-state index in [2.05, 4.69) is 26.7 Å². The molecule has 0 amide bonds. The van der Waals surface area contributed by atoms with Gasteiger partial charge in [-0.05, 0) is 48.3 Å². The lowest BCUT2D eigenvalue weighted by Crippen LogP contribution is -2.02. The summed E-state index contributed by atoms with van der Waals surface area (Å²) in [5.74, 6) is 2.35. The average Bonchev–Trinajstić information content (AvgIpc) is 3.34. The molecule has 4 aromatic rings. The fourth-order valence-electron chi connectivity index (χ4n) is 2.80. The number of oxazole rings is 1. The van der Waals surface area contributed by atoms with Crippen molar-refractivity contribution in [3.8, 4) is 17.2 Å². The molecule has 0 saturated carbocycles. The topological polar surface area (TPSA) is 61.0 Å². The highest BCUT2D eigenvalue weighted by Crippen LogP contribution is 2.22. The number of nitrogens with zero attached hydrogens (tertiary/aromatic N) is 3. The number of aryl methyl sites for hydroxylation is 1. The maximum Gasteiger partial charge on any atom is 0.226 e. The van der Waals surface area contributed by atoms with Gasteiger partial charge in [-0.1, -0.05) is 34.8 Å². The highest BCUT2D eigenvalue weighted by Gasteiger charge is 2.11. The Hall–Kier alpha value is -2.99. The SMILES string of the molecule is Cc1oc(-c2ccccc2)nc1CCOc1ccc(Cc2cnns2)cc1. The first kappa shape index (κ1) is 17.4. The van der Waals surface area contributed by atoms with Crippen LogP contribution < -0.4 is 4.74 Å². The highest BCUT2D eigenvalue weighted by atomic mass is 32.1. The molecule has 5 nitrogen and oxygen atoms in total. The summed E-state index contributed by atoms with van der Waals surface area (Å²) >= 11 is 1.43. The highest BCUT2D eigenvalue weighted by molar-refractivity contribution is 7.05. The zero-order chi connectivity index (χ0) is 18.5. The molecule has 0 aliphatic rings. The van der Waals surface area contributed by atoms with Crippen LogP contribution in [0.15, 0.2) is 65.2 Å². The fraction of sp³-hybridized carbons (Fsp3) is 0.190. The molecule has 6 heteroatoms. The Morgan fingerprint density at radius 3 is 2.59 bits per heavy atom. The van der Waals surface area contributed by atoms with Crippen LogP contribution in [0.25, 0.3) is 11.5 Å². The van der Waals surface area contributed by atoms with Gasteiger partial charge in [-0.25, -0.2) is 4.98 Å². The second-order valence-electron chi connectivity index (χ2n) is 6.19. The van der Waals surface area contributed by atoms with Crippen molar-refractivity contribution in [2.75, 3.05) is 6.61 Å². The van der Waals surface area contributed by atoms with Crippen LogP contribution in [-0.4, -0.2) is 21.2 Å². The van der Waals surface area contributed by atoms with E-state index in [1.807, 2.05) is 49.4 Å². The van der Waals surface area contributed by atoms with Crippen molar-refractivity contribution in [3.05, 3.63) is 82.7 Å². The van der Waals surface area contributed by atoms with Gasteiger partial charge in [0.1, 0.15) is 11.5 Å². The van der Waals surface area contributed by atoms with E-state index < -0.39 is 0 Å². The standard InChI is InChI=1S/C21H19N3O2S/c1-15-20(23-21(26-15)17-5-3-2-4-6-17)11-12-25-18-9-7-16(8-10-18)13-19-14-22-24-27-19/h2-10,14H,11-13H2,1H3. The molecule has 2 aromatic heterocycles. The number of aromatic nitrogens is 3. The molecule has 0 aliphatic carbocycles. The van der Waals surface area contributed by atoms with Crippen molar-refractivity contribution in [2.24, 2.45) is 0 Å². The molecule has 0 bridgehead atoms. The Morgan fingerprint density at radius 1 is 1.04 bits per heavy atom. The molecule has 0 fully saturated rings. The van der Waals surface area contributed by atoms with Crippen molar-refractivity contribution in [3.63, 3.8) is 0 Å². The summed E-state index contributed by atoms with van der Waals surface area (Å²) in [6.45, 7) is 2.50. The lowest BCUT2D eigenvalue weighted by Gasteiger charge is -2.06. The molecule has 0 radical (unpaired) electrons. The van der Waals surface area contributed by atoms with Gasteiger partial charge in [-0.15, -0.1) is 5.10 Å². The van der Waals surface area contributed by atoms with E-state index in [-0.39, 0.29) is 0 Å². The molecule has 2 heterocycles. The van der Waals surface area contributed by atoms with Crippen molar-refractivity contribution in [1.82, 2.24) is 14.6 Å². The normalized spacial score (nSPS) is 10.9. The largest absolute Gasteiger partial charge is 0.493 e. The minimum absolute atomic E-state index is 0.555. The summed E-state index contributed by atoms with van der Waals surface area (Å²) < 4.78 is 15.5. The van der Waals surface area contributed by atoms with Gasteiger partial charge >= 0.3 is 0 Å². The summed E-state index contributed by atoms with van der Waals surface area (Å²) in [6.07, 6.45) is 3.35. The predicted octanol–water partition coefficient (Wildman–Crippen LogP) is 4.71. The van der Waals surface area contributed by atoms with Gasteiger partial charge in [-0.2, -0.15) is 0 Å². The van der Waals surface area contributed by atoms with Crippen LogP contribution in [0, 0.1) is 6.92 Å². The number of benzene rings is 2. The maximum atomic E-state index is 5.87. The van der Waals surface area contributed by atoms with E-state index in [0.29, 0.717) is 18.9 Å². The Labute approximate surface area is 161 Å². The van der Waals surface area contributed by atoms with Gasteiger partial charge in [0.2, 0.25) is 5.89 Å². The number of hydrogen-bond acceptors (Lipinski definition) is 6. The molecule has 0 atom stereocenters. The minimum atomic E-state index is 0.555. The van der Waals surface area contributed by atoms with E-state index in [9.17, 15) is 0 Å². The van der Waals surface area contributed by atoms with Crippen LogP contribution in [0.1, 0.15) is 21.9 Å². The van der Waals surface area contributed by atoms with Crippen molar-refractivity contribution in [1.29, 1.82) is 0 Å². The zero-order valence-corrected chi connectivity index (χ0v) is 15.8. The molecule has 0 saturated heterocycles. The monoisotopic (exact) mass is 377 g/mol. The molecule has 0 aliphatic heterocycles. The van der Waals surface area contributed by atoms with Crippen molar-refractivity contribution >= 4 is 11.5 Å². The quantitative estimate of drug-likeness (QED) is 0.467. The van der Waals surface area contributed by atoms with Crippen LogP contribution in [-0.2, 0) is 12.8 Å².